The van der Waals surface area contributed by atoms with Crippen LogP contribution < -0.4 is 10.6 Å². The number of rotatable bonds is 8. The highest BCUT2D eigenvalue weighted by Gasteiger charge is 2.09. The Morgan fingerprint density at radius 1 is 1.13 bits per heavy atom. The lowest BCUT2D eigenvalue weighted by Crippen LogP contribution is -2.38. The molecule has 164 valence electrons. The third-order valence-corrected chi connectivity index (χ3v) is 4.96. The lowest BCUT2D eigenvalue weighted by molar-refractivity contribution is 0.577. The van der Waals surface area contributed by atoms with E-state index < -0.39 is 0 Å². The minimum Gasteiger partial charge on any atom is -0.461 e. The first-order valence-electron chi connectivity index (χ1n) is 10.3. The fraction of sp³-hybridized carbons (Fsp3) is 0.318. The molecule has 4 rings (SSSR count). The molecular weight excluding hydrogens is 505 g/mol. The molecule has 1 aromatic carbocycles. The molecule has 0 saturated heterocycles. The van der Waals surface area contributed by atoms with Crippen LogP contribution in [0.4, 0.5) is 0 Å². The van der Waals surface area contributed by atoms with Crippen LogP contribution in [0.25, 0.3) is 22.5 Å². The SMILES string of the molecule is CCNC(=NCc1nc(-c2ccco2)n[nH]1)NCCc1c[nH]c2c(CC)cccc12.I. The number of fused-ring (bicyclic) bond motifs is 1. The maximum Gasteiger partial charge on any atom is 0.216 e. The fourth-order valence-electron chi connectivity index (χ4n) is 3.47. The van der Waals surface area contributed by atoms with Crippen molar-refractivity contribution in [2.24, 2.45) is 4.99 Å². The third-order valence-electron chi connectivity index (χ3n) is 4.96. The Kier molecular flexibility index (Phi) is 8.10. The Bertz CT molecular complexity index is 1110. The lowest BCUT2D eigenvalue weighted by atomic mass is 10.1. The molecule has 0 bridgehead atoms. The quantitative estimate of drug-likeness (QED) is 0.156. The number of halogens is 1. The number of aromatic amines is 2. The number of H-pyrrole nitrogens is 2. The van der Waals surface area contributed by atoms with Crippen molar-refractivity contribution in [1.29, 1.82) is 0 Å². The van der Waals surface area contributed by atoms with Crippen molar-refractivity contribution in [2.75, 3.05) is 13.1 Å². The van der Waals surface area contributed by atoms with E-state index in [0.29, 0.717) is 24.0 Å². The second-order valence-corrected chi connectivity index (χ2v) is 6.96. The van der Waals surface area contributed by atoms with Crippen molar-refractivity contribution < 1.29 is 4.42 Å². The molecule has 0 aliphatic heterocycles. The number of para-hydroxylation sites is 1. The minimum absolute atomic E-state index is 0. The van der Waals surface area contributed by atoms with Gasteiger partial charge >= 0.3 is 0 Å². The summed E-state index contributed by atoms with van der Waals surface area (Å²) < 4.78 is 5.32. The van der Waals surface area contributed by atoms with E-state index in [1.807, 2.05) is 19.1 Å². The van der Waals surface area contributed by atoms with E-state index in [4.69, 9.17) is 4.42 Å². The van der Waals surface area contributed by atoms with Crippen LogP contribution in [0, 0.1) is 0 Å². The standard InChI is InChI=1S/C22H27N7O.HI/c1-3-15-7-5-8-17-16(13-25-20(15)17)10-11-24-22(23-4-2)26-14-19-27-21(29-28-19)18-9-6-12-30-18;/h5-9,12-13,25H,3-4,10-11,14H2,1-2H3,(H2,23,24,26)(H,27,28,29);1H. The third kappa shape index (κ3) is 5.46. The largest absolute Gasteiger partial charge is 0.461 e. The molecule has 0 fully saturated rings. The molecule has 3 heterocycles. The number of guanidine groups is 1. The summed E-state index contributed by atoms with van der Waals surface area (Å²) in [4.78, 5) is 12.5. The van der Waals surface area contributed by atoms with Crippen LogP contribution in [-0.2, 0) is 19.4 Å². The first kappa shape index (κ1) is 22.9. The second kappa shape index (κ2) is 11.0. The number of aromatic nitrogens is 4. The molecule has 4 aromatic rings. The van der Waals surface area contributed by atoms with Crippen LogP contribution in [0.1, 0.15) is 30.8 Å². The van der Waals surface area contributed by atoms with Crippen molar-refractivity contribution >= 4 is 40.8 Å². The summed E-state index contributed by atoms with van der Waals surface area (Å²) in [6.07, 6.45) is 5.65. The molecule has 0 aliphatic rings. The summed E-state index contributed by atoms with van der Waals surface area (Å²) >= 11 is 0. The maximum atomic E-state index is 5.32. The van der Waals surface area contributed by atoms with E-state index in [1.54, 1.807) is 6.26 Å². The zero-order chi connectivity index (χ0) is 20.8. The Hall–Kier alpha value is -2.82. The van der Waals surface area contributed by atoms with Gasteiger partial charge in [0.2, 0.25) is 5.82 Å². The topological polar surface area (TPSA) is 107 Å². The van der Waals surface area contributed by atoms with Gasteiger partial charge in [-0.1, -0.05) is 25.1 Å². The van der Waals surface area contributed by atoms with Gasteiger partial charge in [-0.3, -0.25) is 5.10 Å². The van der Waals surface area contributed by atoms with Gasteiger partial charge in [-0.25, -0.2) is 9.98 Å². The normalized spacial score (nSPS) is 11.5. The summed E-state index contributed by atoms with van der Waals surface area (Å²) in [6.45, 7) is 6.20. The highest BCUT2D eigenvalue weighted by Crippen LogP contribution is 2.22. The number of aryl methyl sites for hydroxylation is 1. The molecule has 9 heteroatoms. The molecule has 8 nitrogen and oxygen atoms in total. The van der Waals surface area contributed by atoms with Gasteiger partial charge in [0, 0.05) is 30.2 Å². The number of nitrogens with zero attached hydrogens (tertiary/aromatic N) is 3. The van der Waals surface area contributed by atoms with Gasteiger partial charge in [-0.2, -0.15) is 0 Å². The van der Waals surface area contributed by atoms with E-state index in [1.165, 1.54) is 22.0 Å². The Morgan fingerprint density at radius 3 is 2.81 bits per heavy atom. The van der Waals surface area contributed by atoms with Gasteiger partial charge in [0.05, 0.1) is 6.26 Å². The first-order chi connectivity index (χ1) is 14.8. The molecule has 0 atom stereocenters. The number of benzene rings is 1. The molecule has 0 amide bonds. The number of furan rings is 1. The van der Waals surface area contributed by atoms with Crippen LogP contribution in [0.2, 0.25) is 0 Å². The van der Waals surface area contributed by atoms with Crippen LogP contribution in [0.15, 0.2) is 52.2 Å². The van der Waals surface area contributed by atoms with Crippen LogP contribution in [-0.4, -0.2) is 39.2 Å². The first-order valence-corrected chi connectivity index (χ1v) is 10.3. The fourth-order valence-corrected chi connectivity index (χ4v) is 3.47. The van der Waals surface area contributed by atoms with E-state index in [2.05, 4.69) is 67.1 Å². The summed E-state index contributed by atoms with van der Waals surface area (Å²) in [5.41, 5.74) is 3.90. The van der Waals surface area contributed by atoms with Gasteiger partial charge in [0.15, 0.2) is 11.7 Å². The van der Waals surface area contributed by atoms with Crippen LogP contribution >= 0.6 is 24.0 Å². The van der Waals surface area contributed by atoms with E-state index in [-0.39, 0.29) is 24.0 Å². The second-order valence-electron chi connectivity index (χ2n) is 6.96. The van der Waals surface area contributed by atoms with Crippen molar-refractivity contribution in [2.45, 2.75) is 33.2 Å². The molecule has 0 saturated carbocycles. The smallest absolute Gasteiger partial charge is 0.216 e. The summed E-state index contributed by atoms with van der Waals surface area (Å²) in [6, 6.07) is 10.1. The summed E-state index contributed by atoms with van der Waals surface area (Å²) in [5.74, 6) is 2.61. The van der Waals surface area contributed by atoms with Crippen LogP contribution in [0.5, 0.6) is 0 Å². The van der Waals surface area contributed by atoms with E-state index >= 15 is 0 Å². The van der Waals surface area contributed by atoms with Crippen LogP contribution in [0.3, 0.4) is 0 Å². The number of aliphatic imine (C=N–C) groups is 1. The van der Waals surface area contributed by atoms with Gasteiger partial charge < -0.3 is 20.0 Å². The highest BCUT2D eigenvalue weighted by atomic mass is 127. The molecule has 0 unspecified atom stereocenters. The van der Waals surface area contributed by atoms with E-state index in [0.717, 1.165) is 31.9 Å². The molecule has 3 aromatic heterocycles. The van der Waals surface area contributed by atoms with Gasteiger partial charge in [0.1, 0.15) is 12.4 Å². The van der Waals surface area contributed by atoms with Gasteiger partial charge in [-0.15, -0.1) is 29.1 Å². The molecule has 31 heavy (non-hydrogen) atoms. The molecule has 0 spiro atoms. The molecule has 4 N–H and O–H groups in total. The maximum absolute atomic E-state index is 5.32. The number of hydrogen-bond acceptors (Lipinski definition) is 4. The lowest BCUT2D eigenvalue weighted by Gasteiger charge is -2.10. The van der Waals surface area contributed by atoms with Gasteiger partial charge in [0.25, 0.3) is 0 Å². The minimum atomic E-state index is 0. The van der Waals surface area contributed by atoms with Crippen molar-refractivity contribution in [3.05, 3.63) is 59.7 Å². The van der Waals surface area contributed by atoms with Gasteiger partial charge in [-0.05, 0) is 43.0 Å². The Labute approximate surface area is 198 Å². The predicted octanol–water partition coefficient (Wildman–Crippen LogP) is 4.02. The predicted molar refractivity (Wildman–Crippen MR) is 134 cm³/mol. The summed E-state index contributed by atoms with van der Waals surface area (Å²) in [7, 11) is 0. The summed E-state index contributed by atoms with van der Waals surface area (Å²) in [5, 5.41) is 15.1. The average molecular weight is 533 g/mol. The van der Waals surface area contributed by atoms with Crippen molar-refractivity contribution in [1.82, 2.24) is 30.8 Å². The molecular formula is C22H28IN7O. The molecule has 0 aliphatic carbocycles. The van der Waals surface area contributed by atoms with E-state index in [9.17, 15) is 0 Å². The van der Waals surface area contributed by atoms with Crippen molar-refractivity contribution in [3.8, 4) is 11.6 Å². The highest BCUT2D eigenvalue weighted by molar-refractivity contribution is 14.0. The Balaban J connectivity index is 0.00000272. The van der Waals surface area contributed by atoms with Crippen molar-refractivity contribution in [3.63, 3.8) is 0 Å². The zero-order valence-corrected chi connectivity index (χ0v) is 20.1. The Morgan fingerprint density at radius 2 is 2.03 bits per heavy atom. The monoisotopic (exact) mass is 533 g/mol. The number of nitrogens with one attached hydrogen (secondary N) is 4. The molecule has 0 radical (unpaired) electrons. The zero-order valence-electron chi connectivity index (χ0n) is 17.7. The number of hydrogen-bond donors (Lipinski definition) is 4. The average Bonchev–Trinajstić information content (AvgIpc) is 3.52.